The second-order valence-electron chi connectivity index (χ2n) is 5.67. The van der Waals surface area contributed by atoms with Crippen molar-refractivity contribution in [2.75, 3.05) is 33.7 Å². The third-order valence-electron chi connectivity index (χ3n) is 4.02. The number of rotatable bonds is 5. The maximum Gasteiger partial charge on any atom is 0.0420 e. The van der Waals surface area contributed by atoms with Crippen LogP contribution in [0.15, 0.2) is 22.8 Å². The first kappa shape index (κ1) is 15.9. The molecule has 0 aliphatic carbocycles. The highest BCUT2D eigenvalue weighted by atomic mass is 79.9. The van der Waals surface area contributed by atoms with Gasteiger partial charge in [0.2, 0.25) is 0 Å². The number of aromatic nitrogens is 1. The number of nitrogens with one attached hydrogen (secondary N) is 1. The van der Waals surface area contributed by atoms with Gasteiger partial charge in [-0.2, -0.15) is 0 Å². The molecule has 0 aromatic carbocycles. The van der Waals surface area contributed by atoms with E-state index in [-0.39, 0.29) is 6.04 Å². The van der Waals surface area contributed by atoms with Gasteiger partial charge in [0.25, 0.3) is 0 Å². The largest absolute Gasteiger partial charge is 0.304 e. The molecule has 3 N–H and O–H groups in total. The third-order valence-corrected chi connectivity index (χ3v) is 4.49. The summed E-state index contributed by atoms with van der Waals surface area (Å²) in [5.74, 6) is 5.73. The molecular formula is C14H24BrN5. The van der Waals surface area contributed by atoms with E-state index in [9.17, 15) is 0 Å². The Kier molecular flexibility index (Phi) is 5.92. The van der Waals surface area contributed by atoms with Crippen molar-refractivity contribution in [3.05, 3.63) is 28.5 Å². The molecule has 2 rings (SSSR count). The number of likely N-dealkylation sites (N-methyl/N-ethyl adjacent to an activating group) is 2. The summed E-state index contributed by atoms with van der Waals surface area (Å²) in [6.45, 7) is 3.36. The lowest BCUT2D eigenvalue weighted by Gasteiger charge is -2.39. The minimum Gasteiger partial charge on any atom is -0.304 e. The standard InChI is InChI=1S/C14H24BrN5/c1-19-5-6-20(2)14(10-19)8-13(18-16)7-12-4-3-11(15)9-17-12/h3-4,9,13-14,18H,5-8,10,16H2,1-2H3. The zero-order valence-electron chi connectivity index (χ0n) is 12.2. The molecule has 0 spiro atoms. The Balaban J connectivity index is 1.92. The molecule has 20 heavy (non-hydrogen) atoms. The van der Waals surface area contributed by atoms with E-state index in [4.69, 9.17) is 5.84 Å². The van der Waals surface area contributed by atoms with Gasteiger partial charge >= 0.3 is 0 Å². The van der Waals surface area contributed by atoms with Gasteiger partial charge in [-0.25, -0.2) is 0 Å². The molecule has 1 aliphatic rings. The molecule has 1 aromatic heterocycles. The average Bonchev–Trinajstić information content (AvgIpc) is 2.44. The first-order valence-corrected chi connectivity index (χ1v) is 7.83. The van der Waals surface area contributed by atoms with E-state index in [1.54, 1.807) is 0 Å². The van der Waals surface area contributed by atoms with E-state index in [0.717, 1.165) is 42.6 Å². The molecule has 2 unspecified atom stereocenters. The first-order chi connectivity index (χ1) is 9.58. The summed E-state index contributed by atoms with van der Waals surface area (Å²) in [6, 6.07) is 4.87. The molecule has 112 valence electrons. The minimum atomic E-state index is 0.252. The summed E-state index contributed by atoms with van der Waals surface area (Å²) in [4.78, 5) is 9.24. The summed E-state index contributed by atoms with van der Waals surface area (Å²) in [6.07, 6.45) is 3.73. The second-order valence-corrected chi connectivity index (χ2v) is 6.58. The van der Waals surface area contributed by atoms with Crippen LogP contribution in [-0.4, -0.2) is 60.6 Å². The Hall–Kier alpha value is -0.530. The van der Waals surface area contributed by atoms with Crippen LogP contribution in [0.5, 0.6) is 0 Å². The zero-order chi connectivity index (χ0) is 14.5. The zero-order valence-corrected chi connectivity index (χ0v) is 13.8. The summed E-state index contributed by atoms with van der Waals surface area (Å²) < 4.78 is 1.01. The maximum absolute atomic E-state index is 5.73. The van der Waals surface area contributed by atoms with Gasteiger partial charge in [-0.3, -0.25) is 16.3 Å². The number of hydrogen-bond donors (Lipinski definition) is 2. The molecule has 6 heteroatoms. The fourth-order valence-corrected chi connectivity index (χ4v) is 2.91. The van der Waals surface area contributed by atoms with Crippen LogP contribution in [0.25, 0.3) is 0 Å². The predicted octanol–water partition coefficient (Wildman–Crippen LogP) is 0.854. The van der Waals surface area contributed by atoms with Crippen molar-refractivity contribution in [1.29, 1.82) is 0 Å². The first-order valence-electron chi connectivity index (χ1n) is 7.04. The Bertz CT molecular complexity index is 411. The number of nitrogens with two attached hydrogens (primary N) is 1. The summed E-state index contributed by atoms with van der Waals surface area (Å²) in [5.41, 5.74) is 4.02. The van der Waals surface area contributed by atoms with Gasteiger partial charge in [0.15, 0.2) is 0 Å². The lowest BCUT2D eigenvalue weighted by molar-refractivity contribution is 0.101. The van der Waals surface area contributed by atoms with E-state index in [2.05, 4.69) is 50.2 Å². The van der Waals surface area contributed by atoms with Crippen molar-refractivity contribution in [3.8, 4) is 0 Å². The highest BCUT2D eigenvalue weighted by Crippen LogP contribution is 2.15. The van der Waals surface area contributed by atoms with Gasteiger partial charge in [-0.05, 0) is 48.6 Å². The summed E-state index contributed by atoms with van der Waals surface area (Å²) >= 11 is 3.41. The Labute approximate surface area is 129 Å². The van der Waals surface area contributed by atoms with Crippen LogP contribution in [0.2, 0.25) is 0 Å². The lowest BCUT2D eigenvalue weighted by Crippen LogP contribution is -2.53. The van der Waals surface area contributed by atoms with E-state index >= 15 is 0 Å². The summed E-state index contributed by atoms with van der Waals surface area (Å²) in [5, 5.41) is 0. The highest BCUT2D eigenvalue weighted by Gasteiger charge is 2.25. The second kappa shape index (κ2) is 7.47. The van der Waals surface area contributed by atoms with Gasteiger partial charge in [0.05, 0.1) is 0 Å². The van der Waals surface area contributed by atoms with Crippen molar-refractivity contribution in [3.63, 3.8) is 0 Å². The molecule has 2 heterocycles. The SMILES string of the molecule is CN1CCN(C)C(CC(Cc2ccc(Br)cn2)NN)C1. The highest BCUT2D eigenvalue weighted by molar-refractivity contribution is 9.10. The van der Waals surface area contributed by atoms with Crippen molar-refractivity contribution < 1.29 is 0 Å². The molecule has 0 radical (unpaired) electrons. The maximum atomic E-state index is 5.73. The normalized spacial score (nSPS) is 22.9. The van der Waals surface area contributed by atoms with Crippen LogP contribution >= 0.6 is 15.9 Å². The number of pyridine rings is 1. The number of hydrogen-bond acceptors (Lipinski definition) is 5. The molecule has 1 aromatic rings. The van der Waals surface area contributed by atoms with Gasteiger partial charge in [-0.15, -0.1) is 0 Å². The van der Waals surface area contributed by atoms with Crippen LogP contribution in [0.3, 0.4) is 0 Å². The van der Waals surface area contributed by atoms with Crippen LogP contribution in [-0.2, 0) is 6.42 Å². The van der Waals surface area contributed by atoms with E-state index in [1.807, 2.05) is 18.3 Å². The number of piperazine rings is 1. The van der Waals surface area contributed by atoms with Crippen LogP contribution in [0.1, 0.15) is 12.1 Å². The molecule has 0 amide bonds. The minimum absolute atomic E-state index is 0.252. The number of nitrogens with zero attached hydrogens (tertiary/aromatic N) is 3. The lowest BCUT2D eigenvalue weighted by atomic mass is 10.00. The smallest absolute Gasteiger partial charge is 0.0420 e. The van der Waals surface area contributed by atoms with Crippen LogP contribution in [0, 0.1) is 0 Å². The fourth-order valence-electron chi connectivity index (χ4n) is 2.67. The van der Waals surface area contributed by atoms with Gasteiger partial charge in [-0.1, -0.05) is 0 Å². The monoisotopic (exact) mass is 341 g/mol. The third kappa shape index (κ3) is 4.49. The molecule has 1 fully saturated rings. The Morgan fingerprint density at radius 3 is 2.90 bits per heavy atom. The van der Waals surface area contributed by atoms with E-state index < -0.39 is 0 Å². The molecule has 1 saturated heterocycles. The fraction of sp³-hybridized carbons (Fsp3) is 0.643. The topological polar surface area (TPSA) is 57.4 Å². The van der Waals surface area contributed by atoms with Crippen molar-refractivity contribution in [1.82, 2.24) is 20.2 Å². The molecule has 1 aliphatic heterocycles. The van der Waals surface area contributed by atoms with E-state index in [1.165, 1.54) is 0 Å². The van der Waals surface area contributed by atoms with Crippen molar-refractivity contribution >= 4 is 15.9 Å². The average molecular weight is 342 g/mol. The van der Waals surface area contributed by atoms with Crippen LogP contribution in [0.4, 0.5) is 0 Å². The van der Waals surface area contributed by atoms with E-state index in [0.29, 0.717) is 6.04 Å². The van der Waals surface area contributed by atoms with Gasteiger partial charge in [0, 0.05) is 54.5 Å². The number of halogens is 1. The van der Waals surface area contributed by atoms with Crippen LogP contribution < -0.4 is 11.3 Å². The quantitative estimate of drug-likeness (QED) is 0.614. The molecule has 0 saturated carbocycles. The summed E-state index contributed by atoms with van der Waals surface area (Å²) in [7, 11) is 4.38. The van der Waals surface area contributed by atoms with Crippen molar-refractivity contribution in [2.45, 2.75) is 24.9 Å². The van der Waals surface area contributed by atoms with Gasteiger partial charge < -0.3 is 9.80 Å². The Morgan fingerprint density at radius 2 is 2.25 bits per heavy atom. The number of hydrazine groups is 1. The molecular weight excluding hydrogens is 318 g/mol. The molecule has 2 atom stereocenters. The van der Waals surface area contributed by atoms with Crippen molar-refractivity contribution in [2.24, 2.45) is 5.84 Å². The molecule has 0 bridgehead atoms. The Morgan fingerprint density at radius 1 is 1.45 bits per heavy atom. The molecule has 5 nitrogen and oxygen atoms in total. The predicted molar refractivity (Wildman–Crippen MR) is 85.3 cm³/mol. The van der Waals surface area contributed by atoms with Gasteiger partial charge in [0.1, 0.15) is 0 Å².